The Labute approximate surface area is 212 Å². The van der Waals surface area contributed by atoms with E-state index in [2.05, 4.69) is 75.4 Å². The monoisotopic (exact) mass is 483 g/mol. The van der Waals surface area contributed by atoms with Crippen LogP contribution in [0.3, 0.4) is 0 Å². The highest BCUT2D eigenvalue weighted by Gasteiger charge is 2.27. The predicted molar refractivity (Wildman–Crippen MR) is 143 cm³/mol. The van der Waals surface area contributed by atoms with E-state index in [1.807, 2.05) is 24.3 Å². The van der Waals surface area contributed by atoms with Gasteiger partial charge < -0.3 is 14.6 Å². The summed E-state index contributed by atoms with van der Waals surface area (Å²) in [4.78, 5) is 9.28. The maximum atomic E-state index is 10.7. The molecule has 0 spiro atoms. The van der Waals surface area contributed by atoms with Crippen LogP contribution in [0.1, 0.15) is 17.2 Å². The van der Waals surface area contributed by atoms with Crippen LogP contribution in [0, 0.1) is 0 Å². The molecule has 1 unspecified atom stereocenters. The van der Waals surface area contributed by atoms with Gasteiger partial charge in [0, 0.05) is 44.3 Å². The number of hydrogen-bond donors (Lipinski definition) is 1. The second-order valence-corrected chi connectivity index (χ2v) is 9.19. The van der Waals surface area contributed by atoms with E-state index in [-0.39, 0.29) is 12.6 Å². The second-order valence-electron chi connectivity index (χ2n) is 9.19. The minimum Gasteiger partial charge on any atom is -0.494 e. The number of aliphatic hydroxyl groups excluding tert-OH is 1. The molecule has 1 N–H and O–H groups in total. The number of aliphatic hydroxyl groups is 1. The second kappa shape index (κ2) is 11.5. The predicted octanol–water partition coefficient (Wildman–Crippen LogP) is 4.39. The molecule has 186 valence electrons. The van der Waals surface area contributed by atoms with Gasteiger partial charge in [-0.05, 0) is 35.4 Å². The van der Waals surface area contributed by atoms with Gasteiger partial charge in [-0.2, -0.15) is 0 Å². The third-order valence-corrected chi connectivity index (χ3v) is 6.82. The molecular formula is C30H33N3O3. The first-order valence-electron chi connectivity index (χ1n) is 12.5. The van der Waals surface area contributed by atoms with Crippen LogP contribution < -0.4 is 9.47 Å². The van der Waals surface area contributed by atoms with E-state index in [9.17, 15) is 5.11 Å². The number of methoxy groups -OCH3 is 1. The molecule has 1 aliphatic heterocycles. The van der Waals surface area contributed by atoms with E-state index in [4.69, 9.17) is 9.47 Å². The van der Waals surface area contributed by atoms with E-state index >= 15 is 0 Å². The summed E-state index contributed by atoms with van der Waals surface area (Å²) in [5.41, 5.74) is 3.38. The molecule has 6 nitrogen and oxygen atoms in total. The average Bonchev–Trinajstić information content (AvgIpc) is 2.94. The van der Waals surface area contributed by atoms with Crippen molar-refractivity contribution in [2.45, 2.75) is 12.1 Å². The fourth-order valence-electron chi connectivity index (χ4n) is 5.04. The lowest BCUT2D eigenvalue weighted by Gasteiger charge is -2.40. The Balaban J connectivity index is 1.18. The first-order valence-corrected chi connectivity index (χ1v) is 12.5. The molecule has 0 amide bonds. The molecule has 1 fully saturated rings. The van der Waals surface area contributed by atoms with Crippen LogP contribution in [0.15, 0.2) is 91.1 Å². The molecule has 36 heavy (non-hydrogen) atoms. The average molecular weight is 484 g/mol. The zero-order valence-electron chi connectivity index (χ0n) is 20.7. The summed E-state index contributed by atoms with van der Waals surface area (Å²) in [6.07, 6.45) is 1.16. The largest absolute Gasteiger partial charge is 0.494 e. The first kappa shape index (κ1) is 24.3. The number of piperazine rings is 1. The van der Waals surface area contributed by atoms with E-state index in [0.29, 0.717) is 18.0 Å². The number of benzene rings is 3. The Kier molecular flexibility index (Phi) is 7.76. The normalized spacial score (nSPS) is 15.8. The topological polar surface area (TPSA) is 58.1 Å². The van der Waals surface area contributed by atoms with Crippen molar-refractivity contribution in [2.24, 2.45) is 0 Å². The zero-order valence-corrected chi connectivity index (χ0v) is 20.7. The van der Waals surface area contributed by atoms with Gasteiger partial charge in [-0.15, -0.1) is 0 Å². The van der Waals surface area contributed by atoms with Crippen molar-refractivity contribution in [3.05, 3.63) is 102 Å². The number of aromatic nitrogens is 1. The molecule has 0 saturated carbocycles. The van der Waals surface area contributed by atoms with Crippen molar-refractivity contribution in [2.75, 3.05) is 46.4 Å². The van der Waals surface area contributed by atoms with Crippen LogP contribution in [-0.2, 0) is 0 Å². The van der Waals surface area contributed by atoms with Crippen LogP contribution in [0.4, 0.5) is 0 Å². The van der Waals surface area contributed by atoms with Crippen molar-refractivity contribution in [1.29, 1.82) is 0 Å². The summed E-state index contributed by atoms with van der Waals surface area (Å²) in [7, 11) is 1.63. The van der Waals surface area contributed by atoms with Crippen molar-refractivity contribution in [1.82, 2.24) is 14.8 Å². The molecule has 1 atom stereocenters. The van der Waals surface area contributed by atoms with Crippen LogP contribution in [0.5, 0.6) is 11.5 Å². The standard InChI is InChI=1S/C30H33N3O3/c1-35-28-15-14-27(26-13-8-16-31-29(26)28)36-22-25(34)21-32-17-19-33(20-18-32)30(23-9-4-2-5-10-23)24-11-6-3-7-12-24/h2-16,25,30,34H,17-22H2,1H3. The third-order valence-electron chi connectivity index (χ3n) is 6.82. The lowest BCUT2D eigenvalue weighted by molar-refractivity contribution is 0.0404. The van der Waals surface area contributed by atoms with E-state index < -0.39 is 6.10 Å². The summed E-state index contributed by atoms with van der Waals surface area (Å²) >= 11 is 0. The van der Waals surface area contributed by atoms with Gasteiger partial charge in [0.05, 0.1) is 13.2 Å². The summed E-state index contributed by atoms with van der Waals surface area (Å²) < 4.78 is 11.4. The molecule has 1 saturated heterocycles. The maximum absolute atomic E-state index is 10.7. The lowest BCUT2D eigenvalue weighted by Crippen LogP contribution is -2.50. The van der Waals surface area contributed by atoms with Crippen LogP contribution >= 0.6 is 0 Å². The minimum absolute atomic E-state index is 0.229. The van der Waals surface area contributed by atoms with Crippen molar-refractivity contribution in [3.63, 3.8) is 0 Å². The van der Waals surface area contributed by atoms with Gasteiger partial charge in [0.2, 0.25) is 0 Å². The quantitative estimate of drug-likeness (QED) is 0.381. The van der Waals surface area contributed by atoms with Crippen molar-refractivity contribution >= 4 is 10.9 Å². The minimum atomic E-state index is -0.579. The number of hydrogen-bond acceptors (Lipinski definition) is 6. The van der Waals surface area contributed by atoms with Crippen molar-refractivity contribution in [3.8, 4) is 11.5 Å². The molecule has 4 aromatic rings. The smallest absolute Gasteiger partial charge is 0.145 e. The van der Waals surface area contributed by atoms with Crippen LogP contribution in [-0.4, -0.2) is 72.4 Å². The SMILES string of the molecule is COc1ccc(OCC(O)CN2CCN(C(c3ccccc3)c3ccccc3)CC2)c2cccnc12. The molecule has 1 aliphatic rings. The van der Waals surface area contributed by atoms with Crippen LogP contribution in [0.25, 0.3) is 10.9 Å². The Morgan fingerprint density at radius 1 is 0.806 bits per heavy atom. The van der Waals surface area contributed by atoms with Gasteiger partial charge in [-0.1, -0.05) is 60.7 Å². The van der Waals surface area contributed by atoms with Crippen molar-refractivity contribution < 1.29 is 14.6 Å². The highest BCUT2D eigenvalue weighted by molar-refractivity contribution is 5.89. The molecule has 6 heteroatoms. The fraction of sp³-hybridized carbons (Fsp3) is 0.300. The number of rotatable bonds is 9. The maximum Gasteiger partial charge on any atom is 0.145 e. The highest BCUT2D eigenvalue weighted by atomic mass is 16.5. The number of ether oxygens (including phenoxy) is 2. The number of β-amino-alcohol motifs (C(OH)–C–C–N with tert-alkyl or cyclic N) is 1. The molecule has 5 rings (SSSR count). The Hall–Kier alpha value is -3.45. The molecule has 0 bridgehead atoms. The van der Waals surface area contributed by atoms with Gasteiger partial charge in [-0.3, -0.25) is 14.8 Å². The lowest BCUT2D eigenvalue weighted by atomic mass is 9.96. The first-order chi connectivity index (χ1) is 17.7. The summed E-state index contributed by atoms with van der Waals surface area (Å²) in [6, 6.07) is 29.2. The molecule has 2 heterocycles. The van der Waals surface area contributed by atoms with E-state index in [1.165, 1.54) is 11.1 Å². The summed E-state index contributed by atoms with van der Waals surface area (Å²) in [6.45, 7) is 4.51. The van der Waals surface area contributed by atoms with Gasteiger partial charge in [0.1, 0.15) is 29.7 Å². The fourth-order valence-corrected chi connectivity index (χ4v) is 5.04. The molecular weight excluding hydrogens is 450 g/mol. The Morgan fingerprint density at radius 3 is 2.08 bits per heavy atom. The summed E-state index contributed by atoms with van der Waals surface area (Å²) in [5, 5.41) is 11.6. The molecule has 0 radical (unpaired) electrons. The Morgan fingerprint density at radius 2 is 1.44 bits per heavy atom. The number of nitrogens with zero attached hydrogens (tertiary/aromatic N) is 3. The summed E-state index contributed by atoms with van der Waals surface area (Å²) in [5.74, 6) is 1.41. The van der Waals surface area contributed by atoms with Gasteiger partial charge in [0.25, 0.3) is 0 Å². The zero-order chi connectivity index (χ0) is 24.7. The number of pyridine rings is 1. The third kappa shape index (κ3) is 5.51. The highest BCUT2D eigenvalue weighted by Crippen LogP contribution is 2.32. The van der Waals surface area contributed by atoms with Crippen LogP contribution in [0.2, 0.25) is 0 Å². The number of fused-ring (bicyclic) bond motifs is 1. The van der Waals surface area contributed by atoms with E-state index in [0.717, 1.165) is 37.1 Å². The van der Waals surface area contributed by atoms with E-state index in [1.54, 1.807) is 13.3 Å². The van der Waals surface area contributed by atoms with Gasteiger partial charge in [-0.25, -0.2) is 0 Å². The Bertz CT molecular complexity index is 1200. The molecule has 3 aromatic carbocycles. The van der Waals surface area contributed by atoms with Gasteiger partial charge >= 0.3 is 0 Å². The molecule has 1 aromatic heterocycles. The molecule has 0 aliphatic carbocycles. The van der Waals surface area contributed by atoms with Gasteiger partial charge in [0.15, 0.2) is 0 Å².